The van der Waals surface area contributed by atoms with Gasteiger partial charge in [0.2, 0.25) is 0 Å². The van der Waals surface area contributed by atoms with Crippen LogP contribution in [0.5, 0.6) is 5.75 Å². The average Bonchev–Trinajstić information content (AvgIpc) is 2.92. The first-order valence-electron chi connectivity index (χ1n) is 13.5. The molecule has 3 aromatic carbocycles. The van der Waals surface area contributed by atoms with E-state index in [-0.39, 0.29) is 17.0 Å². The molecule has 2 nitrogen and oxygen atoms in total. The summed E-state index contributed by atoms with van der Waals surface area (Å²) >= 11 is 0. The molecule has 1 saturated heterocycles. The molecule has 1 unspecified atom stereocenters. The first-order chi connectivity index (χ1) is 17.3. The van der Waals surface area contributed by atoms with Gasteiger partial charge in [-0.25, -0.2) is 0 Å². The minimum atomic E-state index is 0. The Hall–Kier alpha value is -2.36. The van der Waals surface area contributed by atoms with Crippen LogP contribution in [-0.4, -0.2) is 24.6 Å². The number of hydrogen-bond donors (Lipinski definition) is 0. The van der Waals surface area contributed by atoms with Crippen molar-refractivity contribution < 1.29 is 4.74 Å². The van der Waals surface area contributed by atoms with Crippen LogP contribution >= 0.6 is 17.0 Å². The minimum Gasteiger partial charge on any atom is -0.497 e. The second kappa shape index (κ2) is 10.9. The van der Waals surface area contributed by atoms with E-state index >= 15 is 0 Å². The maximum Gasteiger partial charge on any atom is 0.119 e. The summed E-state index contributed by atoms with van der Waals surface area (Å²) in [6.07, 6.45) is 13.6. The van der Waals surface area contributed by atoms with Crippen LogP contribution in [0.4, 0.5) is 0 Å². The highest BCUT2D eigenvalue weighted by molar-refractivity contribution is 8.93. The molecule has 1 saturated carbocycles. The number of hydrogen-bond acceptors (Lipinski definition) is 2. The Morgan fingerprint density at radius 3 is 2.53 bits per heavy atom. The van der Waals surface area contributed by atoms with E-state index in [1.54, 1.807) is 18.2 Å². The van der Waals surface area contributed by atoms with Crippen molar-refractivity contribution in [1.29, 1.82) is 0 Å². The SMILES string of the molecule is Br.COc1ccc2c(c1)[C@@]13CCCC[C@H]1[C@@H](C2)N(C(C/C=C/c1ccccc1)c1ccccc1)CC3. The van der Waals surface area contributed by atoms with Crippen molar-refractivity contribution >= 4 is 23.1 Å². The van der Waals surface area contributed by atoms with E-state index in [2.05, 4.69) is 95.9 Å². The Morgan fingerprint density at radius 1 is 0.972 bits per heavy atom. The van der Waals surface area contributed by atoms with E-state index in [9.17, 15) is 0 Å². The molecule has 0 amide bonds. The van der Waals surface area contributed by atoms with Gasteiger partial charge in [0.25, 0.3) is 0 Å². The number of rotatable bonds is 6. The van der Waals surface area contributed by atoms with Gasteiger partial charge in [-0.3, -0.25) is 4.90 Å². The zero-order valence-electron chi connectivity index (χ0n) is 21.3. The highest BCUT2D eigenvalue weighted by atomic mass is 79.9. The van der Waals surface area contributed by atoms with Crippen molar-refractivity contribution in [2.75, 3.05) is 13.7 Å². The fourth-order valence-corrected chi connectivity index (χ4v) is 7.56. The van der Waals surface area contributed by atoms with Crippen LogP contribution in [0.15, 0.2) is 84.9 Å². The lowest BCUT2D eigenvalue weighted by Gasteiger charge is -2.60. The molecular formula is C33H38BrNO. The summed E-state index contributed by atoms with van der Waals surface area (Å²) in [4.78, 5) is 2.89. The molecule has 1 aliphatic heterocycles. The number of nitrogens with zero attached hydrogens (tertiary/aromatic N) is 1. The summed E-state index contributed by atoms with van der Waals surface area (Å²) in [5.41, 5.74) is 6.24. The molecule has 3 heteroatoms. The van der Waals surface area contributed by atoms with Crippen LogP contribution in [0.25, 0.3) is 6.08 Å². The van der Waals surface area contributed by atoms with Crippen molar-refractivity contribution in [3.63, 3.8) is 0 Å². The second-order valence-electron chi connectivity index (χ2n) is 10.8. The molecule has 0 radical (unpaired) electrons. The number of likely N-dealkylation sites (tertiary alicyclic amines) is 1. The number of methoxy groups -OCH3 is 1. The maximum atomic E-state index is 5.67. The monoisotopic (exact) mass is 543 g/mol. The van der Waals surface area contributed by atoms with Gasteiger partial charge in [0.15, 0.2) is 0 Å². The lowest BCUT2D eigenvalue weighted by Crippen LogP contribution is -2.61. The van der Waals surface area contributed by atoms with Gasteiger partial charge in [-0.1, -0.05) is 91.7 Å². The summed E-state index contributed by atoms with van der Waals surface area (Å²) < 4.78 is 5.67. The first kappa shape index (κ1) is 25.3. The van der Waals surface area contributed by atoms with Gasteiger partial charge in [0, 0.05) is 17.5 Å². The van der Waals surface area contributed by atoms with Crippen molar-refractivity contribution in [3.8, 4) is 5.75 Å². The number of ether oxygens (including phenoxy) is 1. The molecule has 0 aromatic heterocycles. The number of fused-ring (bicyclic) bond motifs is 1. The van der Waals surface area contributed by atoms with E-state index < -0.39 is 0 Å². The Balaban J connectivity index is 0.00000267. The quantitative estimate of drug-likeness (QED) is 0.310. The van der Waals surface area contributed by atoms with Gasteiger partial charge < -0.3 is 4.74 Å². The molecule has 36 heavy (non-hydrogen) atoms. The predicted octanol–water partition coefficient (Wildman–Crippen LogP) is 8.18. The smallest absolute Gasteiger partial charge is 0.119 e. The average molecular weight is 545 g/mol. The Bertz CT molecular complexity index is 1180. The summed E-state index contributed by atoms with van der Waals surface area (Å²) in [6.45, 7) is 1.18. The summed E-state index contributed by atoms with van der Waals surface area (Å²) in [6, 6.07) is 29.9. The molecule has 1 heterocycles. The maximum absolute atomic E-state index is 5.67. The topological polar surface area (TPSA) is 12.5 Å². The van der Waals surface area contributed by atoms with E-state index in [0.29, 0.717) is 17.5 Å². The second-order valence-corrected chi connectivity index (χ2v) is 10.8. The Morgan fingerprint density at radius 2 is 1.75 bits per heavy atom. The summed E-state index contributed by atoms with van der Waals surface area (Å²) in [5, 5.41) is 0. The number of halogens is 1. The predicted molar refractivity (Wildman–Crippen MR) is 155 cm³/mol. The standard InChI is InChI=1S/C33H37NO.BrH/c1-35-28-19-18-27-23-32-29-16-8-9-20-33(29,30(27)24-28)21-22-34(32)31(26-14-6-3-7-15-26)17-10-13-25-11-4-2-5-12-25;/h2-7,10-15,18-19,24,29,31-32H,8-9,16-17,20-23H2,1H3;1H/b13-10+;/t29-,31?,32+,33+;/m0./s1. The molecule has 0 N–H and O–H groups in total. The van der Waals surface area contributed by atoms with Crippen LogP contribution in [0.1, 0.15) is 66.8 Å². The molecule has 3 aromatic rings. The zero-order valence-corrected chi connectivity index (χ0v) is 23.0. The fourth-order valence-electron chi connectivity index (χ4n) is 7.56. The Kier molecular flexibility index (Phi) is 7.69. The first-order valence-corrected chi connectivity index (χ1v) is 13.5. The number of piperidine rings is 1. The third-order valence-electron chi connectivity index (χ3n) is 9.14. The van der Waals surface area contributed by atoms with Crippen molar-refractivity contribution in [3.05, 3.63) is 107 Å². The molecule has 2 fully saturated rings. The van der Waals surface area contributed by atoms with Crippen molar-refractivity contribution in [2.45, 2.75) is 62.4 Å². The van der Waals surface area contributed by atoms with E-state index in [0.717, 1.165) is 24.5 Å². The third kappa shape index (κ3) is 4.57. The molecular weight excluding hydrogens is 506 g/mol. The molecule has 2 bridgehead atoms. The van der Waals surface area contributed by atoms with Crippen LogP contribution in [0.3, 0.4) is 0 Å². The highest BCUT2D eigenvalue weighted by Gasteiger charge is 2.54. The molecule has 3 aliphatic rings. The fraction of sp³-hybridized carbons (Fsp3) is 0.394. The van der Waals surface area contributed by atoms with E-state index in [1.807, 2.05) is 0 Å². The minimum absolute atomic E-state index is 0. The van der Waals surface area contributed by atoms with Crippen LogP contribution < -0.4 is 4.74 Å². The summed E-state index contributed by atoms with van der Waals surface area (Å²) in [5.74, 6) is 1.77. The Labute approximate surface area is 227 Å². The highest BCUT2D eigenvalue weighted by Crippen LogP contribution is 2.57. The van der Waals surface area contributed by atoms with Crippen LogP contribution in [-0.2, 0) is 11.8 Å². The molecule has 2 aliphatic carbocycles. The summed E-state index contributed by atoms with van der Waals surface area (Å²) in [7, 11) is 1.80. The lowest BCUT2D eigenvalue weighted by molar-refractivity contribution is -0.0340. The number of benzene rings is 3. The van der Waals surface area contributed by atoms with Gasteiger partial charge in [0.1, 0.15) is 5.75 Å². The van der Waals surface area contributed by atoms with Gasteiger partial charge in [0.05, 0.1) is 7.11 Å². The molecule has 188 valence electrons. The van der Waals surface area contributed by atoms with Gasteiger partial charge in [-0.2, -0.15) is 0 Å². The van der Waals surface area contributed by atoms with Crippen molar-refractivity contribution in [1.82, 2.24) is 4.90 Å². The normalized spacial score (nSPS) is 25.9. The van der Waals surface area contributed by atoms with Gasteiger partial charge >= 0.3 is 0 Å². The van der Waals surface area contributed by atoms with Gasteiger partial charge in [-0.15, -0.1) is 17.0 Å². The van der Waals surface area contributed by atoms with E-state index in [1.165, 1.54) is 49.8 Å². The van der Waals surface area contributed by atoms with Crippen LogP contribution in [0, 0.1) is 5.92 Å². The van der Waals surface area contributed by atoms with E-state index in [4.69, 9.17) is 4.74 Å². The van der Waals surface area contributed by atoms with Crippen LogP contribution in [0.2, 0.25) is 0 Å². The lowest BCUT2D eigenvalue weighted by atomic mass is 9.52. The molecule has 0 spiro atoms. The molecule has 6 rings (SSSR count). The largest absolute Gasteiger partial charge is 0.497 e. The van der Waals surface area contributed by atoms with Gasteiger partial charge in [-0.05, 0) is 79.0 Å². The van der Waals surface area contributed by atoms with Crippen molar-refractivity contribution in [2.24, 2.45) is 5.92 Å². The third-order valence-corrected chi connectivity index (χ3v) is 9.14. The zero-order chi connectivity index (χ0) is 23.7. The molecule has 4 atom stereocenters.